The van der Waals surface area contributed by atoms with Gasteiger partial charge in [0.1, 0.15) is 0 Å². The summed E-state index contributed by atoms with van der Waals surface area (Å²) in [6.07, 6.45) is 0.251. The number of carbonyl (C=O) groups excluding carboxylic acids is 2. The van der Waals surface area contributed by atoms with E-state index in [4.69, 9.17) is 9.47 Å². The monoisotopic (exact) mass is 321 g/mol. The molecule has 1 aromatic rings. The molecule has 0 saturated carbocycles. The van der Waals surface area contributed by atoms with Gasteiger partial charge in [0.05, 0.1) is 0 Å². The van der Waals surface area contributed by atoms with E-state index in [2.05, 4.69) is 5.32 Å². The third kappa shape index (κ3) is 4.85. The Bertz CT molecular complexity index is 574. The molecule has 0 bridgehead atoms. The lowest BCUT2D eigenvalue weighted by molar-refractivity contribution is -0.121. The average molecular weight is 321 g/mol. The van der Waals surface area contributed by atoms with Gasteiger partial charge < -0.3 is 24.6 Å². The van der Waals surface area contributed by atoms with Crippen LogP contribution in [0.3, 0.4) is 0 Å². The first-order chi connectivity index (χ1) is 11.0. The van der Waals surface area contributed by atoms with Gasteiger partial charge in [-0.05, 0) is 26.2 Å². The van der Waals surface area contributed by atoms with Crippen molar-refractivity contribution in [2.24, 2.45) is 0 Å². The number of nitrogens with zero attached hydrogens (tertiary/aromatic N) is 2. The van der Waals surface area contributed by atoms with E-state index in [1.54, 1.807) is 23.1 Å². The first kappa shape index (κ1) is 17.1. The Morgan fingerprint density at radius 1 is 1.17 bits per heavy atom. The van der Waals surface area contributed by atoms with Crippen LogP contribution >= 0.6 is 0 Å². The summed E-state index contributed by atoms with van der Waals surface area (Å²) in [6.45, 7) is 3.37. The van der Waals surface area contributed by atoms with Gasteiger partial charge in [-0.3, -0.25) is 9.59 Å². The van der Waals surface area contributed by atoms with E-state index in [1.807, 2.05) is 19.0 Å². The summed E-state index contributed by atoms with van der Waals surface area (Å²) >= 11 is 0. The minimum atomic E-state index is -0.120. The number of amides is 2. The van der Waals surface area contributed by atoms with E-state index >= 15 is 0 Å². The Balaban J connectivity index is 1.92. The Hall–Kier alpha value is -2.28. The van der Waals surface area contributed by atoms with E-state index in [9.17, 15) is 9.59 Å². The number of carbonyl (C=O) groups is 2. The molecule has 1 aliphatic rings. The highest BCUT2D eigenvalue weighted by atomic mass is 16.7. The summed E-state index contributed by atoms with van der Waals surface area (Å²) < 4.78 is 10.6. The molecule has 1 aromatic carbocycles. The van der Waals surface area contributed by atoms with Gasteiger partial charge in [-0.2, -0.15) is 0 Å². The zero-order valence-corrected chi connectivity index (χ0v) is 13.8. The summed E-state index contributed by atoms with van der Waals surface area (Å²) in [7, 11) is 3.90. The van der Waals surface area contributed by atoms with E-state index in [0.717, 1.165) is 6.54 Å². The van der Waals surface area contributed by atoms with Gasteiger partial charge in [0, 0.05) is 44.7 Å². The molecule has 0 atom stereocenters. The molecule has 2 rings (SSSR count). The fourth-order valence-electron chi connectivity index (χ4n) is 2.24. The van der Waals surface area contributed by atoms with Crippen molar-refractivity contribution < 1.29 is 19.1 Å². The summed E-state index contributed by atoms with van der Waals surface area (Å²) in [5.74, 6) is 1.09. The normalized spacial score (nSPS) is 12.3. The summed E-state index contributed by atoms with van der Waals surface area (Å²) in [6, 6.07) is 5.32. The topological polar surface area (TPSA) is 71.1 Å². The van der Waals surface area contributed by atoms with Crippen LogP contribution in [-0.4, -0.2) is 57.2 Å². The minimum absolute atomic E-state index is 0.0705. The number of likely N-dealkylation sites (N-methyl/N-ethyl adjacent to an activating group) is 1. The summed E-state index contributed by atoms with van der Waals surface area (Å²) in [4.78, 5) is 27.3. The molecule has 0 unspecified atom stereocenters. The predicted molar refractivity (Wildman–Crippen MR) is 86.8 cm³/mol. The largest absolute Gasteiger partial charge is 0.454 e. The molecule has 1 heterocycles. The van der Waals surface area contributed by atoms with E-state index in [0.29, 0.717) is 30.3 Å². The second kappa shape index (κ2) is 7.82. The van der Waals surface area contributed by atoms with Crippen molar-refractivity contribution in [2.75, 3.05) is 45.4 Å². The Labute approximate surface area is 136 Å². The lowest BCUT2D eigenvalue weighted by Crippen LogP contribution is -2.36. The van der Waals surface area contributed by atoms with Crippen LogP contribution in [0.15, 0.2) is 18.2 Å². The molecule has 0 fully saturated rings. The number of hydrogen-bond acceptors (Lipinski definition) is 5. The molecule has 2 amide bonds. The molecule has 1 aliphatic heterocycles. The Morgan fingerprint density at radius 3 is 2.61 bits per heavy atom. The zero-order valence-electron chi connectivity index (χ0n) is 13.8. The van der Waals surface area contributed by atoms with Gasteiger partial charge in [-0.1, -0.05) is 0 Å². The van der Waals surface area contributed by atoms with E-state index < -0.39 is 0 Å². The molecule has 0 spiro atoms. The van der Waals surface area contributed by atoms with Gasteiger partial charge in [0.25, 0.3) is 0 Å². The highest BCUT2D eigenvalue weighted by molar-refractivity contribution is 5.92. The highest BCUT2D eigenvalue weighted by Crippen LogP contribution is 2.35. The summed E-state index contributed by atoms with van der Waals surface area (Å²) in [5.41, 5.74) is 0.697. The van der Waals surface area contributed by atoms with Crippen molar-refractivity contribution in [3.8, 4) is 11.5 Å². The molecular formula is C16H23N3O4. The zero-order chi connectivity index (χ0) is 16.8. The second-order valence-electron chi connectivity index (χ2n) is 5.61. The quantitative estimate of drug-likeness (QED) is 0.806. The SMILES string of the molecule is CC(=O)N(CCC(=O)NCCN(C)C)c1ccc2c(c1)OCO2. The standard InChI is InChI=1S/C16H23N3O4/c1-12(20)19(8-6-16(21)17-7-9-18(2)3)13-4-5-14-15(10-13)23-11-22-14/h4-5,10H,6-9,11H2,1-3H3,(H,17,21). The molecule has 23 heavy (non-hydrogen) atoms. The third-order valence-corrected chi connectivity index (χ3v) is 3.49. The number of benzene rings is 1. The van der Waals surface area contributed by atoms with Crippen LogP contribution in [0.5, 0.6) is 11.5 Å². The number of anilines is 1. The lowest BCUT2D eigenvalue weighted by Gasteiger charge is -2.21. The van der Waals surface area contributed by atoms with Crippen LogP contribution in [0.25, 0.3) is 0 Å². The predicted octanol–water partition coefficient (Wildman–Crippen LogP) is 0.836. The maximum Gasteiger partial charge on any atom is 0.231 e. The fourth-order valence-corrected chi connectivity index (χ4v) is 2.24. The second-order valence-corrected chi connectivity index (χ2v) is 5.61. The van der Waals surface area contributed by atoms with Gasteiger partial charge in [0.2, 0.25) is 18.6 Å². The van der Waals surface area contributed by atoms with Crippen molar-refractivity contribution >= 4 is 17.5 Å². The third-order valence-electron chi connectivity index (χ3n) is 3.49. The van der Waals surface area contributed by atoms with Crippen LogP contribution in [0, 0.1) is 0 Å². The maximum atomic E-state index is 11.9. The first-order valence-corrected chi connectivity index (χ1v) is 7.56. The number of ether oxygens (including phenoxy) is 2. The van der Waals surface area contributed by atoms with Crippen molar-refractivity contribution in [1.82, 2.24) is 10.2 Å². The van der Waals surface area contributed by atoms with E-state index in [-0.39, 0.29) is 25.0 Å². The number of fused-ring (bicyclic) bond motifs is 1. The maximum absolute atomic E-state index is 11.9. The fraction of sp³-hybridized carbons (Fsp3) is 0.500. The number of rotatable bonds is 7. The Kier molecular flexibility index (Phi) is 5.81. The molecule has 7 heteroatoms. The van der Waals surface area contributed by atoms with Crippen LogP contribution in [-0.2, 0) is 9.59 Å². The summed E-state index contributed by atoms with van der Waals surface area (Å²) in [5, 5.41) is 2.84. The van der Waals surface area contributed by atoms with Crippen molar-refractivity contribution in [3.05, 3.63) is 18.2 Å². The van der Waals surface area contributed by atoms with Gasteiger partial charge in [-0.15, -0.1) is 0 Å². The lowest BCUT2D eigenvalue weighted by atomic mass is 10.2. The molecule has 7 nitrogen and oxygen atoms in total. The van der Waals surface area contributed by atoms with Crippen LogP contribution < -0.4 is 19.7 Å². The Morgan fingerprint density at radius 2 is 1.91 bits per heavy atom. The van der Waals surface area contributed by atoms with Crippen LogP contribution in [0.1, 0.15) is 13.3 Å². The molecule has 0 saturated heterocycles. The van der Waals surface area contributed by atoms with E-state index in [1.165, 1.54) is 6.92 Å². The molecule has 0 radical (unpaired) electrons. The van der Waals surface area contributed by atoms with Crippen molar-refractivity contribution in [2.45, 2.75) is 13.3 Å². The molecule has 0 aromatic heterocycles. The van der Waals surface area contributed by atoms with Crippen molar-refractivity contribution in [3.63, 3.8) is 0 Å². The average Bonchev–Trinajstić information content (AvgIpc) is 2.94. The van der Waals surface area contributed by atoms with Gasteiger partial charge in [-0.25, -0.2) is 0 Å². The molecule has 1 N–H and O–H groups in total. The minimum Gasteiger partial charge on any atom is -0.454 e. The number of nitrogens with one attached hydrogen (secondary N) is 1. The molecular weight excluding hydrogens is 298 g/mol. The molecule has 126 valence electrons. The van der Waals surface area contributed by atoms with Gasteiger partial charge in [0.15, 0.2) is 11.5 Å². The highest BCUT2D eigenvalue weighted by Gasteiger charge is 2.18. The van der Waals surface area contributed by atoms with Gasteiger partial charge >= 0.3 is 0 Å². The number of hydrogen-bond donors (Lipinski definition) is 1. The van der Waals surface area contributed by atoms with Crippen LogP contribution in [0.2, 0.25) is 0 Å². The van der Waals surface area contributed by atoms with Crippen molar-refractivity contribution in [1.29, 1.82) is 0 Å². The first-order valence-electron chi connectivity index (χ1n) is 7.56. The smallest absolute Gasteiger partial charge is 0.231 e. The van der Waals surface area contributed by atoms with Crippen LogP contribution in [0.4, 0.5) is 5.69 Å². The molecule has 0 aliphatic carbocycles.